The molecule has 2 rings (SSSR count). The first-order valence-corrected chi connectivity index (χ1v) is 5.75. The van der Waals surface area contributed by atoms with Gasteiger partial charge in [0.1, 0.15) is 11.6 Å². The van der Waals surface area contributed by atoms with Crippen LogP contribution in [0.1, 0.15) is 13.8 Å². The highest BCUT2D eigenvalue weighted by atomic mass is 19.1. The van der Waals surface area contributed by atoms with E-state index in [9.17, 15) is 4.39 Å². The maximum absolute atomic E-state index is 13.2. The fourth-order valence-electron chi connectivity index (χ4n) is 1.71. The number of benzene rings is 1. The van der Waals surface area contributed by atoms with E-state index in [2.05, 4.69) is 10.3 Å². The predicted molar refractivity (Wildman–Crippen MR) is 68.8 cm³/mol. The Labute approximate surface area is 105 Å². The molecule has 0 atom stereocenters. The second-order valence-electron chi connectivity index (χ2n) is 4.24. The van der Waals surface area contributed by atoms with E-state index in [0.29, 0.717) is 11.7 Å². The van der Waals surface area contributed by atoms with Gasteiger partial charge >= 0.3 is 0 Å². The third-order valence-electron chi connectivity index (χ3n) is 2.46. The van der Waals surface area contributed by atoms with Crippen LogP contribution in [-0.2, 0) is 0 Å². The largest absolute Gasteiger partial charge is 0.494 e. The Balaban J connectivity index is 2.45. The molecule has 4 nitrogen and oxygen atoms in total. The van der Waals surface area contributed by atoms with Gasteiger partial charge in [-0.15, -0.1) is 0 Å². The van der Waals surface area contributed by atoms with Gasteiger partial charge < -0.3 is 10.1 Å². The van der Waals surface area contributed by atoms with Gasteiger partial charge in [-0.25, -0.2) is 9.37 Å². The van der Waals surface area contributed by atoms with Crippen LogP contribution >= 0.6 is 0 Å². The highest BCUT2D eigenvalue weighted by Crippen LogP contribution is 2.26. The summed E-state index contributed by atoms with van der Waals surface area (Å²) in [6.07, 6.45) is 3.49. The molecule has 0 unspecified atom stereocenters. The Morgan fingerprint density at radius 2 is 2.17 bits per heavy atom. The molecule has 0 aliphatic carbocycles. The number of hydrogen-bond donors (Lipinski definition) is 1. The number of aromatic nitrogens is 2. The van der Waals surface area contributed by atoms with E-state index < -0.39 is 0 Å². The summed E-state index contributed by atoms with van der Waals surface area (Å²) in [4.78, 5) is 4.23. The standard InChI is InChI=1S/C13H16FN3O/c1-9(2)16-13-15-6-7-17(13)11-5-4-10(14)8-12(11)18-3/h4-9H,1-3H3,(H,15,16). The van der Waals surface area contributed by atoms with Crippen molar-refractivity contribution in [1.82, 2.24) is 9.55 Å². The van der Waals surface area contributed by atoms with E-state index in [1.54, 1.807) is 18.5 Å². The second-order valence-corrected chi connectivity index (χ2v) is 4.24. The van der Waals surface area contributed by atoms with Gasteiger partial charge in [-0.3, -0.25) is 4.57 Å². The Hall–Kier alpha value is -2.04. The predicted octanol–water partition coefficient (Wildman–Crippen LogP) is 2.84. The maximum atomic E-state index is 13.2. The molecule has 0 aliphatic heterocycles. The third-order valence-corrected chi connectivity index (χ3v) is 2.46. The van der Waals surface area contributed by atoms with Crippen LogP contribution in [0.2, 0.25) is 0 Å². The molecule has 0 radical (unpaired) electrons. The highest BCUT2D eigenvalue weighted by molar-refractivity contribution is 5.51. The van der Waals surface area contributed by atoms with Gasteiger partial charge in [0, 0.05) is 24.5 Å². The van der Waals surface area contributed by atoms with E-state index >= 15 is 0 Å². The summed E-state index contributed by atoms with van der Waals surface area (Å²) in [5.74, 6) is 0.851. The van der Waals surface area contributed by atoms with Gasteiger partial charge in [0.25, 0.3) is 0 Å². The molecule has 1 N–H and O–H groups in total. The molecule has 0 fully saturated rings. The van der Waals surface area contributed by atoms with E-state index in [4.69, 9.17) is 4.74 Å². The number of halogens is 1. The van der Waals surface area contributed by atoms with Crippen LogP contribution in [-0.4, -0.2) is 22.7 Å². The van der Waals surface area contributed by atoms with Crippen LogP contribution in [0.3, 0.4) is 0 Å². The molecule has 0 saturated carbocycles. The van der Waals surface area contributed by atoms with Crippen molar-refractivity contribution in [1.29, 1.82) is 0 Å². The van der Waals surface area contributed by atoms with Gasteiger partial charge in [0.2, 0.25) is 5.95 Å². The number of imidazole rings is 1. The number of methoxy groups -OCH3 is 1. The van der Waals surface area contributed by atoms with E-state index in [1.807, 2.05) is 18.4 Å². The number of anilines is 1. The van der Waals surface area contributed by atoms with Crippen molar-refractivity contribution in [3.05, 3.63) is 36.4 Å². The van der Waals surface area contributed by atoms with Crippen LogP contribution in [0.4, 0.5) is 10.3 Å². The summed E-state index contributed by atoms with van der Waals surface area (Å²) in [5, 5.41) is 3.22. The zero-order valence-electron chi connectivity index (χ0n) is 10.6. The molecular weight excluding hydrogens is 233 g/mol. The van der Waals surface area contributed by atoms with Crippen molar-refractivity contribution in [2.45, 2.75) is 19.9 Å². The summed E-state index contributed by atoms with van der Waals surface area (Å²) in [6, 6.07) is 4.69. The van der Waals surface area contributed by atoms with Crippen molar-refractivity contribution >= 4 is 5.95 Å². The fraction of sp³-hybridized carbons (Fsp3) is 0.308. The van der Waals surface area contributed by atoms with Gasteiger partial charge in [0.05, 0.1) is 12.8 Å². The molecule has 1 aromatic carbocycles. The molecule has 96 valence electrons. The topological polar surface area (TPSA) is 39.1 Å². The quantitative estimate of drug-likeness (QED) is 0.905. The zero-order chi connectivity index (χ0) is 13.1. The maximum Gasteiger partial charge on any atom is 0.207 e. The van der Waals surface area contributed by atoms with E-state index in [0.717, 1.165) is 5.69 Å². The van der Waals surface area contributed by atoms with Crippen LogP contribution in [0.5, 0.6) is 5.75 Å². The van der Waals surface area contributed by atoms with Crippen molar-refractivity contribution in [2.24, 2.45) is 0 Å². The molecule has 0 bridgehead atoms. The average Bonchev–Trinajstić information content (AvgIpc) is 2.76. The van der Waals surface area contributed by atoms with Gasteiger partial charge in [-0.2, -0.15) is 0 Å². The summed E-state index contributed by atoms with van der Waals surface area (Å²) in [6.45, 7) is 4.06. The zero-order valence-corrected chi connectivity index (χ0v) is 10.6. The minimum atomic E-state index is -0.325. The second kappa shape index (κ2) is 5.08. The highest BCUT2D eigenvalue weighted by Gasteiger charge is 2.11. The number of nitrogens with zero attached hydrogens (tertiary/aromatic N) is 2. The number of hydrogen-bond acceptors (Lipinski definition) is 3. The summed E-state index contributed by atoms with van der Waals surface area (Å²) < 4.78 is 20.2. The van der Waals surface area contributed by atoms with E-state index in [-0.39, 0.29) is 11.9 Å². The van der Waals surface area contributed by atoms with Crippen molar-refractivity contribution in [2.75, 3.05) is 12.4 Å². The summed E-state index contributed by atoms with van der Waals surface area (Å²) in [5.41, 5.74) is 0.750. The normalized spacial score (nSPS) is 10.7. The first-order chi connectivity index (χ1) is 8.61. The number of nitrogens with one attached hydrogen (secondary N) is 1. The lowest BCUT2D eigenvalue weighted by molar-refractivity contribution is 0.409. The smallest absolute Gasteiger partial charge is 0.207 e. The van der Waals surface area contributed by atoms with Crippen molar-refractivity contribution in [3.8, 4) is 11.4 Å². The molecule has 5 heteroatoms. The Bertz CT molecular complexity index is 537. The molecule has 0 aliphatic rings. The van der Waals surface area contributed by atoms with Gasteiger partial charge in [0.15, 0.2) is 0 Å². The number of rotatable bonds is 4. The third kappa shape index (κ3) is 2.45. The number of ether oxygens (including phenoxy) is 1. The Kier molecular flexibility index (Phi) is 3.50. The first kappa shape index (κ1) is 12.4. The minimum absolute atomic E-state index is 0.262. The van der Waals surface area contributed by atoms with E-state index in [1.165, 1.54) is 19.2 Å². The molecule has 0 amide bonds. The van der Waals surface area contributed by atoms with Crippen molar-refractivity contribution < 1.29 is 9.13 Å². The first-order valence-electron chi connectivity index (χ1n) is 5.75. The summed E-state index contributed by atoms with van der Waals surface area (Å²) in [7, 11) is 1.52. The monoisotopic (exact) mass is 249 g/mol. The lowest BCUT2D eigenvalue weighted by Crippen LogP contribution is -2.14. The van der Waals surface area contributed by atoms with Gasteiger partial charge in [-0.05, 0) is 26.0 Å². The SMILES string of the molecule is COc1cc(F)ccc1-n1ccnc1NC(C)C. The van der Waals surface area contributed by atoms with Crippen LogP contribution in [0.25, 0.3) is 5.69 Å². The summed E-state index contributed by atoms with van der Waals surface area (Å²) >= 11 is 0. The Morgan fingerprint density at radius 1 is 1.39 bits per heavy atom. The Morgan fingerprint density at radius 3 is 2.83 bits per heavy atom. The molecule has 0 spiro atoms. The lowest BCUT2D eigenvalue weighted by Gasteiger charge is -2.14. The van der Waals surface area contributed by atoms with Crippen molar-refractivity contribution in [3.63, 3.8) is 0 Å². The van der Waals surface area contributed by atoms with Crippen LogP contribution < -0.4 is 10.1 Å². The molecular formula is C13H16FN3O. The van der Waals surface area contributed by atoms with Crippen LogP contribution in [0, 0.1) is 5.82 Å². The molecule has 18 heavy (non-hydrogen) atoms. The lowest BCUT2D eigenvalue weighted by atomic mass is 10.3. The minimum Gasteiger partial charge on any atom is -0.494 e. The average molecular weight is 249 g/mol. The molecule has 1 heterocycles. The molecule has 2 aromatic rings. The molecule has 1 aromatic heterocycles. The van der Waals surface area contributed by atoms with Gasteiger partial charge in [-0.1, -0.05) is 0 Å². The fourth-order valence-corrected chi connectivity index (χ4v) is 1.71. The van der Waals surface area contributed by atoms with Crippen LogP contribution in [0.15, 0.2) is 30.6 Å². The molecule has 0 saturated heterocycles.